The molecule has 1 saturated heterocycles. The number of hydrogen-bond acceptors (Lipinski definition) is 5. The Morgan fingerprint density at radius 1 is 1.09 bits per heavy atom. The van der Waals surface area contributed by atoms with Gasteiger partial charge in [0, 0.05) is 36.7 Å². The zero-order valence-electron chi connectivity index (χ0n) is 19.8. The molecule has 190 valence electrons. The van der Waals surface area contributed by atoms with Gasteiger partial charge in [-0.1, -0.05) is 30.8 Å². The fraction of sp³-hybridized carbons (Fsp3) is 0.520. The molecular formula is C25H31F2N3O4S. The molecule has 1 aliphatic carbocycles. The smallest absolute Gasteiger partial charge is 0.248 e. The highest BCUT2D eigenvalue weighted by molar-refractivity contribution is 7.89. The molecule has 2 heterocycles. The van der Waals surface area contributed by atoms with E-state index in [1.54, 1.807) is 0 Å². The van der Waals surface area contributed by atoms with Crippen LogP contribution in [-0.2, 0) is 14.8 Å². The van der Waals surface area contributed by atoms with Gasteiger partial charge in [0.2, 0.25) is 15.9 Å². The second-order valence-corrected chi connectivity index (χ2v) is 11.2. The van der Waals surface area contributed by atoms with Crippen LogP contribution in [0.15, 0.2) is 27.6 Å². The highest BCUT2D eigenvalue weighted by Gasteiger charge is 2.36. The third-order valence-electron chi connectivity index (χ3n) is 6.83. The van der Waals surface area contributed by atoms with Gasteiger partial charge in [0.15, 0.2) is 10.7 Å². The van der Waals surface area contributed by atoms with E-state index < -0.39 is 21.7 Å². The summed E-state index contributed by atoms with van der Waals surface area (Å²) in [5, 5.41) is 6.97. The molecule has 35 heavy (non-hydrogen) atoms. The maximum Gasteiger partial charge on any atom is 0.248 e. The van der Waals surface area contributed by atoms with Crippen LogP contribution in [0.3, 0.4) is 0 Å². The molecule has 0 spiro atoms. The van der Waals surface area contributed by atoms with Gasteiger partial charge < -0.3 is 9.84 Å². The van der Waals surface area contributed by atoms with Crippen LogP contribution in [0.1, 0.15) is 68.4 Å². The van der Waals surface area contributed by atoms with Crippen molar-refractivity contribution in [1.82, 2.24) is 14.8 Å². The summed E-state index contributed by atoms with van der Waals surface area (Å²) in [7, 11) is -3.94. The number of rotatable bonds is 6. The Kier molecular flexibility index (Phi) is 8.01. The van der Waals surface area contributed by atoms with Gasteiger partial charge in [-0.25, -0.2) is 17.2 Å². The van der Waals surface area contributed by atoms with Crippen molar-refractivity contribution in [2.45, 2.75) is 69.2 Å². The Bertz CT molecular complexity index is 1180. The SMILES string of the molecule is Cc1noc(C=Cc2ccc(F)cc2F)c1S(=O)(=O)N1CCC(C(=O)NC2CCCCCC2)CC1. The number of benzene rings is 1. The summed E-state index contributed by atoms with van der Waals surface area (Å²) in [6.45, 7) is 1.95. The average Bonchev–Trinajstić information content (AvgIpc) is 3.02. The summed E-state index contributed by atoms with van der Waals surface area (Å²) in [5.74, 6) is -1.70. The van der Waals surface area contributed by atoms with E-state index in [4.69, 9.17) is 4.52 Å². The molecule has 10 heteroatoms. The summed E-state index contributed by atoms with van der Waals surface area (Å²) in [6.07, 6.45) is 10.2. The lowest BCUT2D eigenvalue weighted by atomic mass is 9.96. The molecule has 2 fully saturated rings. The molecule has 2 aromatic rings. The minimum atomic E-state index is -3.94. The zero-order chi connectivity index (χ0) is 25.0. The van der Waals surface area contributed by atoms with Crippen molar-refractivity contribution in [3.05, 3.63) is 46.9 Å². The molecule has 7 nitrogen and oxygen atoms in total. The van der Waals surface area contributed by atoms with E-state index in [9.17, 15) is 22.0 Å². The quantitative estimate of drug-likeness (QED) is 0.574. The first-order valence-electron chi connectivity index (χ1n) is 12.2. The number of sulfonamides is 1. The van der Waals surface area contributed by atoms with E-state index in [0.29, 0.717) is 12.8 Å². The summed E-state index contributed by atoms with van der Waals surface area (Å²) in [6, 6.07) is 3.33. The second-order valence-electron chi connectivity index (χ2n) is 9.34. The largest absolute Gasteiger partial charge is 0.355 e. The third-order valence-corrected chi connectivity index (χ3v) is 8.89. The molecule has 1 N–H and O–H groups in total. The van der Waals surface area contributed by atoms with Gasteiger partial charge in [0.05, 0.1) is 0 Å². The summed E-state index contributed by atoms with van der Waals surface area (Å²) in [4.78, 5) is 12.7. The Labute approximate surface area is 204 Å². The van der Waals surface area contributed by atoms with Crippen LogP contribution in [0.2, 0.25) is 0 Å². The van der Waals surface area contributed by atoms with Gasteiger partial charge in [-0.05, 0) is 56.9 Å². The van der Waals surface area contributed by atoms with E-state index in [-0.39, 0.29) is 52.9 Å². The number of halogens is 2. The molecule has 2 aliphatic rings. The first-order valence-corrected chi connectivity index (χ1v) is 13.6. The molecule has 1 saturated carbocycles. The van der Waals surface area contributed by atoms with Crippen LogP contribution >= 0.6 is 0 Å². The van der Waals surface area contributed by atoms with Gasteiger partial charge in [0.1, 0.15) is 17.3 Å². The maximum atomic E-state index is 14.0. The lowest BCUT2D eigenvalue weighted by Gasteiger charge is -2.31. The number of aromatic nitrogens is 1. The number of nitrogens with one attached hydrogen (secondary N) is 1. The Morgan fingerprint density at radius 3 is 2.43 bits per heavy atom. The highest BCUT2D eigenvalue weighted by Crippen LogP contribution is 2.30. The van der Waals surface area contributed by atoms with E-state index in [2.05, 4.69) is 10.5 Å². The molecule has 0 unspecified atom stereocenters. The number of amides is 1. The molecule has 1 amide bonds. The number of nitrogens with zero attached hydrogens (tertiary/aromatic N) is 2. The Balaban J connectivity index is 1.43. The lowest BCUT2D eigenvalue weighted by molar-refractivity contribution is -0.126. The van der Waals surface area contributed by atoms with Crippen LogP contribution in [-0.4, -0.2) is 42.9 Å². The fourth-order valence-corrected chi connectivity index (χ4v) is 6.55. The van der Waals surface area contributed by atoms with Gasteiger partial charge in [-0.3, -0.25) is 4.79 Å². The standard InChI is InChI=1S/C25H31F2N3O4S/c1-17-24(23(34-29-17)11-9-18-8-10-20(26)16-22(18)27)35(32,33)30-14-12-19(13-15-30)25(31)28-21-6-4-2-3-5-7-21/h8-11,16,19,21H,2-7,12-15H2,1H3,(H,28,31). The first kappa shape index (κ1) is 25.5. The lowest BCUT2D eigenvalue weighted by Crippen LogP contribution is -2.45. The maximum absolute atomic E-state index is 14.0. The van der Waals surface area contributed by atoms with Crippen LogP contribution in [0.25, 0.3) is 12.2 Å². The third kappa shape index (κ3) is 5.98. The Morgan fingerprint density at radius 2 is 1.77 bits per heavy atom. The minimum absolute atomic E-state index is 0.0139. The summed E-state index contributed by atoms with van der Waals surface area (Å²) in [5.41, 5.74) is 0.279. The number of hydrogen-bond donors (Lipinski definition) is 1. The van der Waals surface area contributed by atoms with Crippen LogP contribution in [0, 0.1) is 24.5 Å². The first-order chi connectivity index (χ1) is 16.8. The van der Waals surface area contributed by atoms with Gasteiger partial charge >= 0.3 is 0 Å². The van der Waals surface area contributed by atoms with Crippen LogP contribution in [0.4, 0.5) is 8.78 Å². The molecule has 1 aromatic carbocycles. The monoisotopic (exact) mass is 507 g/mol. The van der Waals surface area contributed by atoms with Gasteiger partial charge in [-0.2, -0.15) is 4.31 Å². The van der Waals surface area contributed by atoms with Gasteiger partial charge in [-0.15, -0.1) is 0 Å². The van der Waals surface area contributed by atoms with Crippen molar-refractivity contribution in [3.8, 4) is 0 Å². The zero-order valence-corrected chi connectivity index (χ0v) is 20.6. The van der Waals surface area contributed by atoms with Crippen LogP contribution < -0.4 is 5.32 Å². The van der Waals surface area contributed by atoms with E-state index in [1.165, 1.54) is 42.3 Å². The number of piperidine rings is 1. The highest BCUT2D eigenvalue weighted by atomic mass is 32.2. The van der Waals surface area contributed by atoms with Gasteiger partial charge in [0.25, 0.3) is 0 Å². The average molecular weight is 508 g/mol. The molecule has 4 rings (SSSR count). The predicted octanol–water partition coefficient (Wildman–Crippen LogP) is 4.67. The van der Waals surface area contributed by atoms with Crippen molar-refractivity contribution >= 4 is 28.1 Å². The fourth-order valence-electron chi connectivity index (χ4n) is 4.83. The van der Waals surface area contributed by atoms with Crippen molar-refractivity contribution < 1.29 is 26.5 Å². The van der Waals surface area contributed by atoms with E-state index in [0.717, 1.165) is 37.8 Å². The Hall–Kier alpha value is -2.59. The van der Waals surface area contributed by atoms with Crippen LogP contribution in [0.5, 0.6) is 0 Å². The minimum Gasteiger partial charge on any atom is -0.355 e. The topological polar surface area (TPSA) is 92.5 Å². The summed E-state index contributed by atoms with van der Waals surface area (Å²) < 4.78 is 60.5. The second kappa shape index (κ2) is 11.0. The normalized spacial score (nSPS) is 19.2. The molecule has 0 bridgehead atoms. The molecule has 1 aromatic heterocycles. The number of aryl methyl sites for hydroxylation is 1. The molecule has 1 aliphatic heterocycles. The molecule has 0 radical (unpaired) electrons. The number of carbonyl (C=O) groups is 1. The van der Waals surface area contributed by atoms with Crippen molar-refractivity contribution in [3.63, 3.8) is 0 Å². The van der Waals surface area contributed by atoms with E-state index in [1.807, 2.05) is 0 Å². The molecular weight excluding hydrogens is 476 g/mol. The summed E-state index contributed by atoms with van der Waals surface area (Å²) >= 11 is 0. The van der Waals surface area contributed by atoms with E-state index >= 15 is 0 Å². The molecule has 0 atom stereocenters. The van der Waals surface area contributed by atoms with Crippen molar-refractivity contribution in [2.75, 3.05) is 13.1 Å². The van der Waals surface area contributed by atoms with Crippen molar-refractivity contribution in [2.24, 2.45) is 5.92 Å². The van der Waals surface area contributed by atoms with Crippen molar-refractivity contribution in [1.29, 1.82) is 0 Å². The predicted molar refractivity (Wildman–Crippen MR) is 128 cm³/mol. The number of carbonyl (C=O) groups excluding carboxylic acids is 1.